The quantitative estimate of drug-likeness (QED) is 0.712. The summed E-state index contributed by atoms with van der Waals surface area (Å²) in [6, 6.07) is 10.4. The molecule has 0 saturated heterocycles. The van der Waals surface area contributed by atoms with Crippen LogP contribution in [0.2, 0.25) is 0 Å². The molecule has 16 heavy (non-hydrogen) atoms. The van der Waals surface area contributed by atoms with E-state index in [1.807, 2.05) is 29.1 Å². The fraction of sp³-hybridized carbons (Fsp3) is 0.250. The average Bonchev–Trinajstić information content (AvgIpc) is 2.78. The first-order valence-electron chi connectivity index (χ1n) is 5.47. The van der Waals surface area contributed by atoms with E-state index < -0.39 is 0 Å². The predicted molar refractivity (Wildman–Crippen MR) is 64.3 cm³/mol. The van der Waals surface area contributed by atoms with Crippen molar-refractivity contribution in [3.63, 3.8) is 0 Å². The maximum absolute atomic E-state index is 5.70. The summed E-state index contributed by atoms with van der Waals surface area (Å²) in [5.41, 5.74) is 7.76. The van der Waals surface area contributed by atoms with Crippen molar-refractivity contribution < 1.29 is 0 Å². The lowest BCUT2D eigenvalue weighted by atomic mass is 10.0. The van der Waals surface area contributed by atoms with E-state index in [2.05, 4.69) is 22.5 Å². The van der Waals surface area contributed by atoms with Crippen LogP contribution in [0.25, 0.3) is 0 Å². The van der Waals surface area contributed by atoms with Gasteiger partial charge in [0, 0.05) is 18.3 Å². The normalized spacial score (nSPS) is 18.9. The van der Waals surface area contributed by atoms with Gasteiger partial charge in [-0.15, -0.1) is 0 Å². The highest BCUT2D eigenvalue weighted by molar-refractivity contribution is 5.43. The second-order valence-corrected chi connectivity index (χ2v) is 4.06. The van der Waals surface area contributed by atoms with E-state index >= 15 is 0 Å². The third kappa shape index (κ3) is 1.43. The largest absolute Gasteiger partial charge is 0.399 e. The Morgan fingerprint density at radius 1 is 1.25 bits per heavy atom. The highest BCUT2D eigenvalue weighted by Gasteiger charge is 2.20. The number of aromatic nitrogens is 2. The van der Waals surface area contributed by atoms with E-state index in [0.29, 0.717) is 6.04 Å². The van der Waals surface area contributed by atoms with Crippen LogP contribution in [0.1, 0.15) is 18.0 Å². The minimum atomic E-state index is 0.326. The lowest BCUT2D eigenvalue weighted by Gasteiger charge is -2.26. The van der Waals surface area contributed by atoms with Crippen LogP contribution in [0.4, 0.5) is 11.5 Å². The van der Waals surface area contributed by atoms with E-state index in [0.717, 1.165) is 24.5 Å². The third-order valence-corrected chi connectivity index (χ3v) is 3.01. The predicted octanol–water partition coefficient (Wildman–Crippen LogP) is 1.87. The first kappa shape index (κ1) is 9.27. The van der Waals surface area contributed by atoms with Gasteiger partial charge in [0.2, 0.25) is 0 Å². The van der Waals surface area contributed by atoms with Gasteiger partial charge in [0.25, 0.3) is 0 Å². The van der Waals surface area contributed by atoms with Gasteiger partial charge in [-0.3, -0.25) is 0 Å². The number of hydrogen-bond donors (Lipinski definition) is 2. The number of nitrogens with two attached hydrogens (primary N) is 1. The number of fused-ring (bicyclic) bond motifs is 1. The smallest absolute Gasteiger partial charge is 0.124 e. The molecule has 3 rings (SSSR count). The zero-order chi connectivity index (χ0) is 11.0. The molecule has 0 saturated carbocycles. The van der Waals surface area contributed by atoms with Crippen LogP contribution >= 0.6 is 0 Å². The minimum absolute atomic E-state index is 0.326. The number of anilines is 2. The number of hydrogen-bond acceptors (Lipinski definition) is 3. The van der Waals surface area contributed by atoms with Gasteiger partial charge in [0.1, 0.15) is 5.82 Å². The standard InChI is InChI=1S/C12H14N4/c13-10-3-1-9(2-4-10)11-5-7-14-12-6-8-15-16(11)12/h1-4,6,8,11,14H,5,7,13H2. The third-order valence-electron chi connectivity index (χ3n) is 3.01. The Labute approximate surface area is 94.1 Å². The van der Waals surface area contributed by atoms with Crippen molar-refractivity contribution in [2.75, 3.05) is 17.6 Å². The van der Waals surface area contributed by atoms with Crippen molar-refractivity contribution in [3.8, 4) is 0 Å². The van der Waals surface area contributed by atoms with Gasteiger partial charge in [0.05, 0.1) is 12.2 Å². The molecule has 0 amide bonds. The molecule has 0 bridgehead atoms. The Balaban J connectivity index is 2.00. The summed E-state index contributed by atoms with van der Waals surface area (Å²) in [6.07, 6.45) is 2.89. The van der Waals surface area contributed by atoms with E-state index in [1.165, 1.54) is 5.56 Å². The Morgan fingerprint density at radius 2 is 2.06 bits per heavy atom. The van der Waals surface area contributed by atoms with Crippen LogP contribution in [-0.2, 0) is 0 Å². The summed E-state index contributed by atoms with van der Waals surface area (Å²) >= 11 is 0. The Kier molecular flexibility index (Phi) is 2.06. The van der Waals surface area contributed by atoms with Crippen molar-refractivity contribution in [3.05, 3.63) is 42.1 Å². The van der Waals surface area contributed by atoms with Crippen molar-refractivity contribution in [1.29, 1.82) is 0 Å². The molecule has 1 unspecified atom stereocenters. The monoisotopic (exact) mass is 214 g/mol. The second kappa shape index (κ2) is 3.56. The fourth-order valence-electron chi connectivity index (χ4n) is 2.19. The molecule has 4 heteroatoms. The van der Waals surface area contributed by atoms with Gasteiger partial charge < -0.3 is 11.1 Å². The molecule has 1 atom stereocenters. The molecular weight excluding hydrogens is 200 g/mol. The van der Waals surface area contributed by atoms with Gasteiger partial charge >= 0.3 is 0 Å². The van der Waals surface area contributed by atoms with Crippen LogP contribution in [-0.4, -0.2) is 16.3 Å². The van der Waals surface area contributed by atoms with Crippen molar-refractivity contribution in [2.45, 2.75) is 12.5 Å². The van der Waals surface area contributed by atoms with Gasteiger partial charge in [-0.2, -0.15) is 5.10 Å². The molecule has 82 valence electrons. The van der Waals surface area contributed by atoms with E-state index in [4.69, 9.17) is 5.73 Å². The molecule has 0 aliphatic carbocycles. The molecular formula is C12H14N4. The second-order valence-electron chi connectivity index (χ2n) is 4.06. The van der Waals surface area contributed by atoms with Crippen LogP contribution in [0.3, 0.4) is 0 Å². The van der Waals surface area contributed by atoms with Gasteiger partial charge in [0.15, 0.2) is 0 Å². The fourth-order valence-corrected chi connectivity index (χ4v) is 2.19. The SMILES string of the molecule is Nc1ccc(C2CCNc3ccnn32)cc1. The molecule has 1 aromatic carbocycles. The van der Waals surface area contributed by atoms with Gasteiger partial charge in [-0.25, -0.2) is 4.68 Å². The first-order chi connectivity index (χ1) is 7.84. The molecule has 1 aliphatic rings. The van der Waals surface area contributed by atoms with Crippen molar-refractivity contribution in [1.82, 2.24) is 9.78 Å². The molecule has 1 aliphatic heterocycles. The maximum atomic E-state index is 5.70. The summed E-state index contributed by atoms with van der Waals surface area (Å²) in [5.74, 6) is 1.09. The molecule has 4 nitrogen and oxygen atoms in total. The number of benzene rings is 1. The Morgan fingerprint density at radius 3 is 2.88 bits per heavy atom. The number of nitrogens with zero attached hydrogens (tertiary/aromatic N) is 2. The van der Waals surface area contributed by atoms with Gasteiger partial charge in [-0.1, -0.05) is 12.1 Å². The van der Waals surface area contributed by atoms with E-state index in [1.54, 1.807) is 0 Å². The van der Waals surface area contributed by atoms with Crippen molar-refractivity contribution in [2.24, 2.45) is 0 Å². The summed E-state index contributed by atoms with van der Waals surface area (Å²) in [5, 5.41) is 7.69. The zero-order valence-electron chi connectivity index (χ0n) is 8.93. The zero-order valence-corrected chi connectivity index (χ0v) is 8.93. The molecule has 2 aromatic rings. The maximum Gasteiger partial charge on any atom is 0.124 e. The highest BCUT2D eigenvalue weighted by atomic mass is 15.4. The number of nitrogens with one attached hydrogen (secondary N) is 1. The summed E-state index contributed by atoms with van der Waals surface area (Å²) < 4.78 is 2.04. The van der Waals surface area contributed by atoms with Crippen LogP contribution in [0.5, 0.6) is 0 Å². The molecule has 0 spiro atoms. The molecule has 2 heterocycles. The van der Waals surface area contributed by atoms with Crippen LogP contribution in [0, 0.1) is 0 Å². The van der Waals surface area contributed by atoms with E-state index in [9.17, 15) is 0 Å². The van der Waals surface area contributed by atoms with Crippen molar-refractivity contribution >= 4 is 11.5 Å². The Bertz CT molecular complexity index is 486. The molecule has 3 N–H and O–H groups in total. The molecule has 0 radical (unpaired) electrons. The first-order valence-corrected chi connectivity index (χ1v) is 5.47. The lowest BCUT2D eigenvalue weighted by molar-refractivity contribution is 0.482. The topological polar surface area (TPSA) is 55.9 Å². The number of rotatable bonds is 1. The Hall–Kier alpha value is -1.97. The lowest BCUT2D eigenvalue weighted by Crippen LogP contribution is -2.24. The average molecular weight is 214 g/mol. The summed E-state index contributed by atoms with van der Waals surface area (Å²) in [7, 11) is 0. The van der Waals surface area contributed by atoms with Crippen LogP contribution in [0.15, 0.2) is 36.5 Å². The number of nitrogen functional groups attached to an aromatic ring is 1. The minimum Gasteiger partial charge on any atom is -0.399 e. The highest BCUT2D eigenvalue weighted by Crippen LogP contribution is 2.28. The van der Waals surface area contributed by atoms with E-state index in [-0.39, 0.29) is 0 Å². The summed E-state index contributed by atoms with van der Waals surface area (Å²) in [6.45, 7) is 0.987. The summed E-state index contributed by atoms with van der Waals surface area (Å²) in [4.78, 5) is 0. The van der Waals surface area contributed by atoms with Gasteiger partial charge in [-0.05, 0) is 24.1 Å². The molecule has 1 aromatic heterocycles. The van der Waals surface area contributed by atoms with Crippen LogP contribution < -0.4 is 11.1 Å². The molecule has 0 fully saturated rings.